The normalized spacial score (nSPS) is 11.2. The van der Waals surface area contributed by atoms with Gasteiger partial charge in [-0.15, -0.1) is 0 Å². The summed E-state index contributed by atoms with van der Waals surface area (Å²) in [5, 5.41) is 0. The topological polar surface area (TPSA) is 26.3 Å². The van der Waals surface area contributed by atoms with Crippen molar-refractivity contribution in [2.75, 3.05) is 6.61 Å². The van der Waals surface area contributed by atoms with Crippen LogP contribution in [0.25, 0.3) is 6.08 Å². The maximum Gasteiger partial charge on any atom is 0.330 e. The Morgan fingerprint density at radius 1 is 0.778 bits per heavy atom. The van der Waals surface area contributed by atoms with E-state index in [-0.39, 0.29) is 5.97 Å². The van der Waals surface area contributed by atoms with E-state index in [1.807, 2.05) is 6.08 Å². The monoisotopic (exact) mass is 372 g/mol. The molecule has 0 aliphatic rings. The number of esters is 1. The Bertz CT molecular complexity index is 502. The second-order valence-corrected chi connectivity index (χ2v) is 7.53. The van der Waals surface area contributed by atoms with Crippen LogP contribution in [0.4, 0.5) is 0 Å². The Morgan fingerprint density at radius 2 is 1.33 bits per heavy atom. The molecule has 1 aromatic carbocycles. The lowest BCUT2D eigenvalue weighted by Crippen LogP contribution is -2.02. The Balaban J connectivity index is 2.15. The third kappa shape index (κ3) is 13.3. The van der Waals surface area contributed by atoms with E-state index < -0.39 is 0 Å². The number of ether oxygens (including phenoxy) is 1. The van der Waals surface area contributed by atoms with Gasteiger partial charge in [-0.05, 0) is 36.5 Å². The Hall–Kier alpha value is -1.57. The number of hydrogen-bond donors (Lipinski definition) is 0. The van der Waals surface area contributed by atoms with E-state index in [9.17, 15) is 4.79 Å². The molecule has 0 saturated heterocycles. The van der Waals surface area contributed by atoms with Crippen LogP contribution in [-0.2, 0) is 16.0 Å². The van der Waals surface area contributed by atoms with E-state index >= 15 is 0 Å². The van der Waals surface area contributed by atoms with Crippen molar-refractivity contribution in [3.05, 3.63) is 41.5 Å². The molecule has 0 saturated carbocycles. The summed E-state index contributed by atoms with van der Waals surface area (Å²) in [6, 6.07) is 8.52. The van der Waals surface area contributed by atoms with Crippen molar-refractivity contribution >= 4 is 12.0 Å². The highest BCUT2D eigenvalue weighted by molar-refractivity contribution is 5.87. The minimum atomic E-state index is -0.236. The molecule has 0 spiro atoms. The maximum absolute atomic E-state index is 11.8. The van der Waals surface area contributed by atoms with Crippen molar-refractivity contribution in [2.24, 2.45) is 0 Å². The van der Waals surface area contributed by atoms with E-state index in [4.69, 9.17) is 4.74 Å². The summed E-state index contributed by atoms with van der Waals surface area (Å²) in [6.07, 6.45) is 19.7. The van der Waals surface area contributed by atoms with Crippen LogP contribution in [0.1, 0.15) is 102 Å². The number of aryl methyl sites for hydroxylation is 1. The predicted octanol–water partition coefficient (Wildman–Crippen LogP) is 7.51. The fourth-order valence-corrected chi connectivity index (χ4v) is 3.17. The predicted molar refractivity (Wildman–Crippen MR) is 117 cm³/mol. The lowest BCUT2D eigenvalue weighted by Gasteiger charge is -2.03. The average molecular weight is 373 g/mol. The molecule has 0 amide bonds. The maximum atomic E-state index is 11.8. The molecular formula is C25H40O2. The first-order valence-corrected chi connectivity index (χ1v) is 11.2. The molecule has 0 aliphatic carbocycles. The zero-order valence-corrected chi connectivity index (χ0v) is 17.7. The van der Waals surface area contributed by atoms with Gasteiger partial charge in [0.05, 0.1) is 6.61 Å². The van der Waals surface area contributed by atoms with E-state index in [1.165, 1.54) is 69.8 Å². The smallest absolute Gasteiger partial charge is 0.330 e. The minimum Gasteiger partial charge on any atom is -0.463 e. The molecule has 1 aromatic rings. The fraction of sp³-hybridized carbons (Fsp3) is 0.640. The Morgan fingerprint density at radius 3 is 1.96 bits per heavy atom. The first kappa shape index (κ1) is 23.5. The lowest BCUT2D eigenvalue weighted by atomic mass is 10.0. The Kier molecular flexibility index (Phi) is 14.4. The summed E-state index contributed by atoms with van der Waals surface area (Å²) < 4.78 is 5.26. The van der Waals surface area contributed by atoms with Gasteiger partial charge in [-0.2, -0.15) is 0 Å². The van der Waals surface area contributed by atoms with Gasteiger partial charge in [0, 0.05) is 6.08 Å². The highest BCUT2D eigenvalue weighted by atomic mass is 16.5. The van der Waals surface area contributed by atoms with Crippen molar-refractivity contribution in [1.29, 1.82) is 0 Å². The van der Waals surface area contributed by atoms with Gasteiger partial charge in [0.2, 0.25) is 0 Å². The number of rotatable bonds is 16. The van der Waals surface area contributed by atoms with Gasteiger partial charge in [0.15, 0.2) is 0 Å². The average Bonchev–Trinajstić information content (AvgIpc) is 2.69. The highest BCUT2D eigenvalue weighted by Gasteiger charge is 1.98. The zero-order chi connectivity index (χ0) is 19.6. The summed E-state index contributed by atoms with van der Waals surface area (Å²) in [6.45, 7) is 5.01. The molecule has 1 rings (SSSR count). The zero-order valence-electron chi connectivity index (χ0n) is 17.7. The van der Waals surface area contributed by atoms with E-state index in [0.717, 1.165) is 24.8 Å². The van der Waals surface area contributed by atoms with Gasteiger partial charge in [-0.3, -0.25) is 0 Å². The van der Waals surface area contributed by atoms with Crippen molar-refractivity contribution in [2.45, 2.75) is 97.3 Å². The molecule has 0 atom stereocenters. The van der Waals surface area contributed by atoms with Gasteiger partial charge >= 0.3 is 5.97 Å². The van der Waals surface area contributed by atoms with Gasteiger partial charge in [-0.25, -0.2) is 4.79 Å². The van der Waals surface area contributed by atoms with Crippen LogP contribution >= 0.6 is 0 Å². The summed E-state index contributed by atoms with van der Waals surface area (Å²) in [4.78, 5) is 11.8. The van der Waals surface area contributed by atoms with Gasteiger partial charge in [-0.1, -0.05) is 102 Å². The second kappa shape index (κ2) is 16.6. The summed E-state index contributed by atoms with van der Waals surface area (Å²) in [5.41, 5.74) is 2.44. The summed E-state index contributed by atoms with van der Waals surface area (Å²) in [5.74, 6) is -0.236. The molecule has 152 valence electrons. The molecule has 0 N–H and O–H groups in total. The fourth-order valence-electron chi connectivity index (χ4n) is 3.17. The number of benzene rings is 1. The van der Waals surface area contributed by atoms with Gasteiger partial charge in [0.1, 0.15) is 0 Å². The quantitative estimate of drug-likeness (QED) is 0.170. The van der Waals surface area contributed by atoms with Crippen LogP contribution in [0, 0.1) is 0 Å². The molecule has 2 nitrogen and oxygen atoms in total. The molecule has 0 aliphatic heterocycles. The minimum absolute atomic E-state index is 0.236. The highest BCUT2D eigenvalue weighted by Crippen LogP contribution is 2.12. The number of carbonyl (C=O) groups excluding carboxylic acids is 1. The summed E-state index contributed by atoms with van der Waals surface area (Å²) >= 11 is 0. The van der Waals surface area contributed by atoms with Crippen LogP contribution in [0.15, 0.2) is 30.3 Å². The standard InChI is InChI=1S/C25H40O2/c1-3-5-7-9-11-13-15-23-16-18-24(19-17-23)20-21-25(26)27-22-14-12-10-8-6-4-2/h16-21H,3-15,22H2,1-2H3. The molecular weight excluding hydrogens is 332 g/mol. The largest absolute Gasteiger partial charge is 0.463 e. The van der Waals surface area contributed by atoms with Crippen LogP contribution in [-0.4, -0.2) is 12.6 Å². The first-order chi connectivity index (χ1) is 13.3. The van der Waals surface area contributed by atoms with Crippen molar-refractivity contribution in [1.82, 2.24) is 0 Å². The van der Waals surface area contributed by atoms with Crippen molar-refractivity contribution < 1.29 is 9.53 Å². The molecule has 27 heavy (non-hydrogen) atoms. The Labute approximate surface area is 167 Å². The first-order valence-electron chi connectivity index (χ1n) is 11.2. The molecule has 0 unspecified atom stereocenters. The van der Waals surface area contributed by atoms with Gasteiger partial charge < -0.3 is 4.74 Å². The van der Waals surface area contributed by atoms with E-state index in [2.05, 4.69) is 38.1 Å². The van der Waals surface area contributed by atoms with Crippen LogP contribution < -0.4 is 0 Å². The molecule has 0 bridgehead atoms. The van der Waals surface area contributed by atoms with Crippen LogP contribution in [0.2, 0.25) is 0 Å². The number of hydrogen-bond acceptors (Lipinski definition) is 2. The molecule has 2 heteroatoms. The van der Waals surface area contributed by atoms with Gasteiger partial charge in [0.25, 0.3) is 0 Å². The third-order valence-electron chi connectivity index (χ3n) is 4.95. The lowest BCUT2D eigenvalue weighted by molar-refractivity contribution is -0.137. The summed E-state index contributed by atoms with van der Waals surface area (Å²) in [7, 11) is 0. The molecule has 0 heterocycles. The number of carbonyl (C=O) groups is 1. The van der Waals surface area contributed by atoms with Crippen LogP contribution in [0.5, 0.6) is 0 Å². The molecule has 0 aromatic heterocycles. The third-order valence-corrected chi connectivity index (χ3v) is 4.95. The second-order valence-electron chi connectivity index (χ2n) is 7.53. The van der Waals surface area contributed by atoms with Crippen molar-refractivity contribution in [3.63, 3.8) is 0 Å². The van der Waals surface area contributed by atoms with Crippen LogP contribution in [0.3, 0.4) is 0 Å². The van der Waals surface area contributed by atoms with E-state index in [0.29, 0.717) is 6.61 Å². The SMILES string of the molecule is CCCCCCCCOC(=O)C=Cc1ccc(CCCCCCCC)cc1. The number of unbranched alkanes of at least 4 members (excludes halogenated alkanes) is 10. The molecule has 0 fully saturated rings. The molecule has 0 radical (unpaired) electrons. The van der Waals surface area contributed by atoms with E-state index in [1.54, 1.807) is 6.08 Å². The van der Waals surface area contributed by atoms with Crippen molar-refractivity contribution in [3.8, 4) is 0 Å².